The Labute approximate surface area is 62.8 Å². The third-order valence-electron chi connectivity index (χ3n) is 3.04. The molecule has 1 nitrogen and oxygen atoms in total. The van der Waals surface area contributed by atoms with Crippen LogP contribution in [0.5, 0.6) is 0 Å². The molecule has 2 unspecified atom stereocenters. The third kappa shape index (κ3) is 1.07. The first-order valence-electron chi connectivity index (χ1n) is 4.49. The van der Waals surface area contributed by atoms with Crippen molar-refractivity contribution < 1.29 is 4.74 Å². The van der Waals surface area contributed by atoms with Gasteiger partial charge in [-0.25, -0.2) is 0 Å². The normalized spacial score (nSPS) is 45.9. The highest BCUT2D eigenvalue weighted by Crippen LogP contribution is 2.44. The van der Waals surface area contributed by atoms with Gasteiger partial charge < -0.3 is 4.74 Å². The van der Waals surface area contributed by atoms with Crippen molar-refractivity contribution in [3.63, 3.8) is 0 Å². The predicted octanol–water partition coefficient (Wildman–Crippen LogP) is 2.36. The van der Waals surface area contributed by atoms with Gasteiger partial charge in [-0.05, 0) is 18.8 Å². The summed E-state index contributed by atoms with van der Waals surface area (Å²) in [5.41, 5.74) is 0.402. The van der Waals surface area contributed by atoms with Gasteiger partial charge in [-0.2, -0.15) is 0 Å². The van der Waals surface area contributed by atoms with Gasteiger partial charge in [0.15, 0.2) is 0 Å². The molecule has 2 aliphatic rings. The third-order valence-corrected chi connectivity index (χ3v) is 3.04. The van der Waals surface area contributed by atoms with Gasteiger partial charge >= 0.3 is 0 Å². The van der Waals surface area contributed by atoms with Gasteiger partial charge in [-0.1, -0.05) is 26.2 Å². The first-order valence-corrected chi connectivity index (χ1v) is 4.49. The van der Waals surface area contributed by atoms with Crippen LogP contribution < -0.4 is 0 Å². The Morgan fingerprint density at radius 3 is 3.00 bits per heavy atom. The first kappa shape index (κ1) is 6.66. The van der Waals surface area contributed by atoms with Gasteiger partial charge in [0, 0.05) is 0 Å². The molecule has 0 amide bonds. The molecule has 2 rings (SSSR count). The molecule has 0 aromatic rings. The quantitative estimate of drug-likeness (QED) is 0.509. The van der Waals surface area contributed by atoms with Crippen LogP contribution in [0.1, 0.15) is 39.0 Å². The van der Waals surface area contributed by atoms with Gasteiger partial charge in [-0.15, -0.1) is 0 Å². The summed E-state index contributed by atoms with van der Waals surface area (Å²) < 4.78 is 5.47. The lowest BCUT2D eigenvalue weighted by Crippen LogP contribution is -2.22. The summed E-state index contributed by atoms with van der Waals surface area (Å²) in [5.74, 6) is 0.969. The summed E-state index contributed by atoms with van der Waals surface area (Å²) in [6, 6.07) is 0. The standard InChI is InChI=1S/C9H16O/c1-2-8-4-3-5-9(6-8)7-10-9/h8H,2-7H2,1H3. The second-order valence-corrected chi connectivity index (χ2v) is 3.84. The minimum Gasteiger partial charge on any atom is -0.370 e. The van der Waals surface area contributed by atoms with Crippen LogP contribution in [0.4, 0.5) is 0 Å². The molecule has 1 aliphatic heterocycles. The zero-order chi connectivity index (χ0) is 7.03. The van der Waals surface area contributed by atoms with E-state index >= 15 is 0 Å². The van der Waals surface area contributed by atoms with Crippen LogP contribution in [0.25, 0.3) is 0 Å². The van der Waals surface area contributed by atoms with Gasteiger partial charge in [0.05, 0.1) is 12.2 Å². The summed E-state index contributed by atoms with van der Waals surface area (Å²) in [7, 11) is 0. The molecule has 0 radical (unpaired) electrons. The molecule has 1 saturated carbocycles. The highest BCUT2D eigenvalue weighted by molar-refractivity contribution is 4.96. The lowest BCUT2D eigenvalue weighted by Gasteiger charge is -2.25. The monoisotopic (exact) mass is 140 g/mol. The number of epoxide rings is 1. The Balaban J connectivity index is 1.91. The van der Waals surface area contributed by atoms with Crippen LogP contribution in [0.15, 0.2) is 0 Å². The minimum absolute atomic E-state index is 0.402. The highest BCUT2D eigenvalue weighted by atomic mass is 16.6. The average Bonchev–Trinajstić information content (AvgIpc) is 2.70. The van der Waals surface area contributed by atoms with Crippen LogP contribution in [0.3, 0.4) is 0 Å². The van der Waals surface area contributed by atoms with Crippen molar-refractivity contribution in [1.29, 1.82) is 0 Å². The summed E-state index contributed by atoms with van der Waals surface area (Å²) >= 11 is 0. The van der Waals surface area contributed by atoms with Crippen LogP contribution in [-0.4, -0.2) is 12.2 Å². The summed E-state index contributed by atoms with van der Waals surface area (Å²) in [4.78, 5) is 0. The predicted molar refractivity (Wildman–Crippen MR) is 40.9 cm³/mol. The van der Waals surface area contributed by atoms with E-state index in [0.29, 0.717) is 5.60 Å². The molecule has 1 heteroatoms. The zero-order valence-corrected chi connectivity index (χ0v) is 6.73. The maximum absolute atomic E-state index is 5.47. The molecular weight excluding hydrogens is 124 g/mol. The topological polar surface area (TPSA) is 12.5 Å². The summed E-state index contributed by atoms with van der Waals surface area (Å²) in [5, 5.41) is 0. The van der Waals surface area contributed by atoms with E-state index < -0.39 is 0 Å². The van der Waals surface area contributed by atoms with Crippen molar-refractivity contribution in [2.75, 3.05) is 6.61 Å². The van der Waals surface area contributed by atoms with Crippen LogP contribution in [0, 0.1) is 5.92 Å². The van der Waals surface area contributed by atoms with Gasteiger partial charge in [0.1, 0.15) is 0 Å². The maximum atomic E-state index is 5.47. The van der Waals surface area contributed by atoms with Gasteiger partial charge in [-0.3, -0.25) is 0 Å². The Morgan fingerprint density at radius 2 is 2.40 bits per heavy atom. The lowest BCUT2D eigenvalue weighted by molar-refractivity contribution is 0.187. The molecule has 1 heterocycles. The largest absolute Gasteiger partial charge is 0.370 e. The highest BCUT2D eigenvalue weighted by Gasteiger charge is 2.47. The van der Waals surface area contributed by atoms with Crippen molar-refractivity contribution >= 4 is 0 Å². The van der Waals surface area contributed by atoms with Crippen molar-refractivity contribution in [2.45, 2.75) is 44.6 Å². The van der Waals surface area contributed by atoms with Crippen molar-refractivity contribution in [2.24, 2.45) is 5.92 Å². The molecule has 10 heavy (non-hydrogen) atoms. The van der Waals surface area contributed by atoms with Crippen molar-refractivity contribution in [3.8, 4) is 0 Å². The zero-order valence-electron chi connectivity index (χ0n) is 6.73. The van der Waals surface area contributed by atoms with E-state index in [9.17, 15) is 0 Å². The molecule has 2 atom stereocenters. The second kappa shape index (κ2) is 2.23. The number of ether oxygens (including phenoxy) is 1. The molecule has 58 valence electrons. The van der Waals surface area contributed by atoms with E-state index in [4.69, 9.17) is 4.74 Å². The maximum Gasteiger partial charge on any atom is 0.0919 e. The molecule has 1 saturated heterocycles. The van der Waals surface area contributed by atoms with Crippen LogP contribution in [0.2, 0.25) is 0 Å². The fourth-order valence-electron chi connectivity index (χ4n) is 2.16. The average molecular weight is 140 g/mol. The van der Waals surface area contributed by atoms with Crippen LogP contribution in [-0.2, 0) is 4.74 Å². The Bertz CT molecular complexity index is 127. The smallest absolute Gasteiger partial charge is 0.0919 e. The molecule has 0 aromatic heterocycles. The van der Waals surface area contributed by atoms with Crippen molar-refractivity contribution in [1.82, 2.24) is 0 Å². The second-order valence-electron chi connectivity index (χ2n) is 3.84. The minimum atomic E-state index is 0.402. The molecule has 0 aromatic carbocycles. The molecule has 0 N–H and O–H groups in total. The lowest BCUT2D eigenvalue weighted by atomic mass is 9.80. The van der Waals surface area contributed by atoms with E-state index in [0.717, 1.165) is 12.5 Å². The molecule has 1 spiro atoms. The fraction of sp³-hybridized carbons (Fsp3) is 1.00. The van der Waals surface area contributed by atoms with Gasteiger partial charge in [0.25, 0.3) is 0 Å². The summed E-state index contributed by atoms with van der Waals surface area (Å²) in [6.07, 6.45) is 6.89. The number of hydrogen-bond acceptors (Lipinski definition) is 1. The number of hydrogen-bond donors (Lipinski definition) is 0. The molecule has 0 bridgehead atoms. The summed E-state index contributed by atoms with van der Waals surface area (Å²) in [6.45, 7) is 3.36. The van der Waals surface area contributed by atoms with Gasteiger partial charge in [0.2, 0.25) is 0 Å². The van der Waals surface area contributed by atoms with Crippen molar-refractivity contribution in [3.05, 3.63) is 0 Å². The van der Waals surface area contributed by atoms with E-state index in [2.05, 4.69) is 6.92 Å². The Hall–Kier alpha value is -0.0400. The fourth-order valence-corrected chi connectivity index (χ4v) is 2.16. The molecular formula is C9H16O. The molecule has 1 aliphatic carbocycles. The Kier molecular flexibility index (Phi) is 1.48. The van der Waals surface area contributed by atoms with E-state index in [1.165, 1.54) is 32.1 Å². The first-order chi connectivity index (χ1) is 4.85. The Morgan fingerprint density at radius 1 is 1.60 bits per heavy atom. The van der Waals surface area contributed by atoms with Crippen LogP contribution >= 0.6 is 0 Å². The van der Waals surface area contributed by atoms with E-state index in [1.54, 1.807) is 0 Å². The molecule has 2 fully saturated rings. The SMILES string of the molecule is CCC1CCCC2(CO2)C1. The van der Waals surface area contributed by atoms with E-state index in [1.807, 2.05) is 0 Å². The number of rotatable bonds is 1. The van der Waals surface area contributed by atoms with E-state index in [-0.39, 0.29) is 0 Å².